The molecule has 3 aromatic rings. The molecule has 0 fully saturated rings. The molecule has 0 aliphatic carbocycles. The molecule has 3 rings (SSSR count). The highest BCUT2D eigenvalue weighted by Crippen LogP contribution is 2.22. The maximum Gasteiger partial charge on any atom is 0.251 e. The molecule has 0 aliphatic rings. The molecule has 134 valence electrons. The smallest absolute Gasteiger partial charge is 0.251 e. The molecule has 0 aliphatic heterocycles. The highest BCUT2D eigenvalue weighted by atomic mass is 16.1. The van der Waals surface area contributed by atoms with E-state index in [9.17, 15) is 4.79 Å². The first-order valence-corrected chi connectivity index (χ1v) is 8.96. The molecule has 0 saturated carbocycles. The van der Waals surface area contributed by atoms with Gasteiger partial charge in [0.1, 0.15) is 5.82 Å². The van der Waals surface area contributed by atoms with Gasteiger partial charge in [0, 0.05) is 48.0 Å². The lowest BCUT2D eigenvalue weighted by molar-refractivity contribution is 0.0953. The maximum absolute atomic E-state index is 12.4. The summed E-state index contributed by atoms with van der Waals surface area (Å²) >= 11 is 0. The fraction of sp³-hybridized carbons (Fsp3) is 0.286. The minimum absolute atomic E-state index is 0.0597. The Balaban J connectivity index is 1.60. The van der Waals surface area contributed by atoms with E-state index >= 15 is 0 Å². The van der Waals surface area contributed by atoms with Crippen LogP contribution in [0.5, 0.6) is 0 Å². The quantitative estimate of drug-likeness (QED) is 0.659. The van der Waals surface area contributed by atoms with E-state index in [1.807, 2.05) is 48.7 Å². The van der Waals surface area contributed by atoms with Crippen LogP contribution in [0.25, 0.3) is 11.4 Å². The van der Waals surface area contributed by atoms with E-state index in [1.165, 1.54) is 0 Å². The first-order chi connectivity index (χ1) is 12.6. The van der Waals surface area contributed by atoms with Crippen molar-refractivity contribution in [2.24, 2.45) is 0 Å². The summed E-state index contributed by atoms with van der Waals surface area (Å²) in [6.45, 7) is 4.85. The van der Waals surface area contributed by atoms with Gasteiger partial charge in [-0.25, -0.2) is 4.98 Å². The summed E-state index contributed by atoms with van der Waals surface area (Å²) in [5.74, 6) is 0.820. The SMILES string of the molecule is CC(C)n1ccnc1-c1cccc(C(=O)NCCCc2ccccn2)c1. The van der Waals surface area contributed by atoms with Crippen molar-refractivity contribution >= 4 is 5.91 Å². The number of amides is 1. The number of hydrogen-bond acceptors (Lipinski definition) is 3. The number of hydrogen-bond donors (Lipinski definition) is 1. The van der Waals surface area contributed by atoms with E-state index in [4.69, 9.17) is 0 Å². The molecule has 2 heterocycles. The van der Waals surface area contributed by atoms with Crippen LogP contribution < -0.4 is 5.32 Å². The van der Waals surface area contributed by atoms with Crippen molar-refractivity contribution in [3.8, 4) is 11.4 Å². The lowest BCUT2D eigenvalue weighted by Crippen LogP contribution is -2.24. The Kier molecular flexibility index (Phi) is 5.79. The molecule has 5 nitrogen and oxygen atoms in total. The fourth-order valence-corrected chi connectivity index (χ4v) is 2.87. The minimum Gasteiger partial charge on any atom is -0.352 e. The van der Waals surface area contributed by atoms with Gasteiger partial charge in [0.15, 0.2) is 0 Å². The van der Waals surface area contributed by atoms with Gasteiger partial charge in [-0.05, 0) is 51.0 Å². The predicted molar refractivity (Wildman–Crippen MR) is 103 cm³/mol. The van der Waals surface area contributed by atoms with Crippen LogP contribution in [-0.4, -0.2) is 27.0 Å². The van der Waals surface area contributed by atoms with Crippen molar-refractivity contribution < 1.29 is 4.79 Å². The van der Waals surface area contributed by atoms with E-state index in [-0.39, 0.29) is 5.91 Å². The average Bonchev–Trinajstić information content (AvgIpc) is 3.16. The van der Waals surface area contributed by atoms with Gasteiger partial charge >= 0.3 is 0 Å². The Morgan fingerprint density at radius 1 is 1.12 bits per heavy atom. The van der Waals surface area contributed by atoms with Gasteiger partial charge in [-0.3, -0.25) is 9.78 Å². The number of aromatic nitrogens is 3. The van der Waals surface area contributed by atoms with Crippen LogP contribution in [-0.2, 0) is 6.42 Å². The topological polar surface area (TPSA) is 59.8 Å². The molecule has 26 heavy (non-hydrogen) atoms. The van der Waals surface area contributed by atoms with Crippen LogP contribution in [0.15, 0.2) is 61.1 Å². The standard InChI is InChI=1S/C21H24N4O/c1-16(2)25-14-13-23-20(25)17-7-5-8-18(15-17)21(26)24-12-6-10-19-9-3-4-11-22-19/h3-5,7-9,11,13-16H,6,10,12H2,1-2H3,(H,24,26). The van der Waals surface area contributed by atoms with Crippen LogP contribution in [0.1, 0.15) is 42.4 Å². The zero-order valence-corrected chi connectivity index (χ0v) is 15.2. The fourth-order valence-electron chi connectivity index (χ4n) is 2.87. The van der Waals surface area contributed by atoms with Crippen LogP contribution >= 0.6 is 0 Å². The molecule has 1 amide bonds. The van der Waals surface area contributed by atoms with Crippen molar-refractivity contribution in [1.82, 2.24) is 19.9 Å². The molecule has 0 bridgehead atoms. The van der Waals surface area contributed by atoms with Crippen LogP contribution in [0, 0.1) is 0 Å². The number of benzene rings is 1. The van der Waals surface area contributed by atoms with E-state index in [0.29, 0.717) is 18.2 Å². The van der Waals surface area contributed by atoms with E-state index in [0.717, 1.165) is 29.9 Å². The third-order valence-electron chi connectivity index (χ3n) is 4.23. The summed E-state index contributed by atoms with van der Waals surface area (Å²) in [5.41, 5.74) is 2.65. The van der Waals surface area contributed by atoms with E-state index in [1.54, 1.807) is 12.4 Å². The molecule has 0 saturated heterocycles. The predicted octanol–water partition coefficient (Wildman–Crippen LogP) is 3.89. The Labute approximate surface area is 154 Å². The summed E-state index contributed by atoms with van der Waals surface area (Å²) in [4.78, 5) is 21.2. The summed E-state index contributed by atoms with van der Waals surface area (Å²) in [7, 11) is 0. The monoisotopic (exact) mass is 348 g/mol. The van der Waals surface area contributed by atoms with Crippen LogP contribution in [0.2, 0.25) is 0 Å². The zero-order valence-electron chi connectivity index (χ0n) is 15.2. The van der Waals surface area contributed by atoms with Crippen molar-refractivity contribution in [3.63, 3.8) is 0 Å². The second kappa shape index (κ2) is 8.43. The van der Waals surface area contributed by atoms with Gasteiger partial charge in [-0.1, -0.05) is 18.2 Å². The van der Waals surface area contributed by atoms with Crippen molar-refractivity contribution in [1.29, 1.82) is 0 Å². The first-order valence-electron chi connectivity index (χ1n) is 8.96. The normalized spacial score (nSPS) is 10.9. The number of carbonyl (C=O) groups is 1. The van der Waals surface area contributed by atoms with Gasteiger partial charge in [-0.15, -0.1) is 0 Å². The first kappa shape index (κ1) is 17.9. The summed E-state index contributed by atoms with van der Waals surface area (Å²) in [6.07, 6.45) is 7.26. The summed E-state index contributed by atoms with van der Waals surface area (Å²) in [6, 6.07) is 13.8. The molecule has 5 heteroatoms. The third kappa shape index (κ3) is 4.36. The summed E-state index contributed by atoms with van der Waals surface area (Å²) < 4.78 is 2.10. The molecule has 2 aromatic heterocycles. The van der Waals surface area contributed by atoms with E-state index in [2.05, 4.69) is 33.7 Å². The van der Waals surface area contributed by atoms with Gasteiger partial charge in [-0.2, -0.15) is 0 Å². The lowest BCUT2D eigenvalue weighted by atomic mass is 10.1. The van der Waals surface area contributed by atoms with Crippen LogP contribution in [0.3, 0.4) is 0 Å². The minimum atomic E-state index is -0.0597. The van der Waals surface area contributed by atoms with E-state index < -0.39 is 0 Å². The lowest BCUT2D eigenvalue weighted by Gasteiger charge is -2.12. The Hall–Kier alpha value is -2.95. The number of nitrogens with zero attached hydrogens (tertiary/aromatic N) is 3. The number of rotatable bonds is 7. The number of pyridine rings is 1. The molecular weight excluding hydrogens is 324 g/mol. The zero-order chi connectivity index (χ0) is 18.4. The van der Waals surface area contributed by atoms with Crippen molar-refractivity contribution in [3.05, 3.63) is 72.3 Å². The molecule has 1 aromatic carbocycles. The molecule has 0 unspecified atom stereocenters. The number of carbonyl (C=O) groups excluding carboxylic acids is 1. The van der Waals surface area contributed by atoms with Crippen LogP contribution in [0.4, 0.5) is 0 Å². The highest BCUT2D eigenvalue weighted by Gasteiger charge is 2.11. The van der Waals surface area contributed by atoms with Gasteiger partial charge in [0.2, 0.25) is 0 Å². The largest absolute Gasteiger partial charge is 0.352 e. The Morgan fingerprint density at radius 3 is 2.77 bits per heavy atom. The number of aryl methyl sites for hydroxylation is 1. The molecular formula is C21H24N4O. The number of nitrogens with one attached hydrogen (secondary N) is 1. The average molecular weight is 348 g/mol. The Morgan fingerprint density at radius 2 is 2.00 bits per heavy atom. The Bertz CT molecular complexity index is 855. The molecule has 0 atom stereocenters. The van der Waals surface area contributed by atoms with Gasteiger partial charge in [0.25, 0.3) is 5.91 Å². The van der Waals surface area contributed by atoms with Gasteiger partial charge < -0.3 is 9.88 Å². The second-order valence-electron chi connectivity index (χ2n) is 6.51. The van der Waals surface area contributed by atoms with Crippen molar-refractivity contribution in [2.45, 2.75) is 32.7 Å². The third-order valence-corrected chi connectivity index (χ3v) is 4.23. The molecule has 0 spiro atoms. The summed E-state index contributed by atoms with van der Waals surface area (Å²) in [5, 5.41) is 2.99. The van der Waals surface area contributed by atoms with Gasteiger partial charge in [0.05, 0.1) is 0 Å². The molecule has 1 N–H and O–H groups in total. The number of imidazole rings is 1. The maximum atomic E-state index is 12.4. The second-order valence-corrected chi connectivity index (χ2v) is 6.51. The highest BCUT2D eigenvalue weighted by molar-refractivity contribution is 5.95. The molecule has 0 radical (unpaired) electrons. The van der Waals surface area contributed by atoms with Crippen molar-refractivity contribution in [2.75, 3.05) is 6.54 Å².